The van der Waals surface area contributed by atoms with Crippen molar-refractivity contribution in [1.29, 1.82) is 0 Å². The topological polar surface area (TPSA) is 39.4 Å². The van der Waals surface area contributed by atoms with Crippen LogP contribution >= 0.6 is 0 Å². The van der Waals surface area contributed by atoms with Gasteiger partial charge in [0.25, 0.3) is 0 Å². The summed E-state index contributed by atoms with van der Waals surface area (Å²) < 4.78 is 19.9. The van der Waals surface area contributed by atoms with E-state index in [-0.39, 0.29) is 5.41 Å². The zero-order chi connectivity index (χ0) is 95.8. The lowest BCUT2D eigenvalue weighted by atomic mass is 9.84. The summed E-state index contributed by atoms with van der Waals surface area (Å²) in [4.78, 5) is 0. The van der Waals surface area contributed by atoms with Gasteiger partial charge in [-0.25, -0.2) is 0 Å². The molecular formula is C141H94O3. The Balaban J connectivity index is 0.000000109. The summed E-state index contributed by atoms with van der Waals surface area (Å²) in [5.74, 6) is 0. The Morgan fingerprint density at radius 1 is 0.146 bits per heavy atom. The van der Waals surface area contributed by atoms with E-state index in [4.69, 9.17) is 13.3 Å². The van der Waals surface area contributed by atoms with Gasteiger partial charge in [0.2, 0.25) is 0 Å². The van der Waals surface area contributed by atoms with Crippen LogP contribution in [0, 0.1) is 6.92 Å². The molecule has 0 aliphatic heterocycles. The summed E-state index contributed by atoms with van der Waals surface area (Å²) >= 11 is 0. The van der Waals surface area contributed by atoms with E-state index in [9.17, 15) is 0 Å². The SMILES string of the molecule is CC(C)(C)c1ccc2cccc(-c3cccc4c3oc3ccc(-c5c6ccccc6c(-c6cccc7ccccc67)c6ccccc56)cc34)c2c1.Cc1cccc2c1oc1ccc(-c3c4ccccc4c(-c4ccc5ccccc5c4)c4ccccc34)cc12.c1ccc(-c2ccc(-c3ccccc3)c(-c3cccc4c3oc3ccc(-c5c6ccccc6c(-c6cccc7ccccc67)c6ccccc56)cc34)c2)cc1. The van der Waals surface area contributed by atoms with Crippen LogP contribution in [0.2, 0.25) is 0 Å². The van der Waals surface area contributed by atoms with Crippen molar-refractivity contribution < 1.29 is 13.3 Å². The maximum absolute atomic E-state index is 6.86. The maximum atomic E-state index is 6.86. The number of benzene rings is 26. The van der Waals surface area contributed by atoms with Gasteiger partial charge >= 0.3 is 0 Å². The van der Waals surface area contributed by atoms with Crippen LogP contribution < -0.4 is 0 Å². The Morgan fingerprint density at radius 2 is 0.444 bits per heavy atom. The lowest BCUT2D eigenvalue weighted by molar-refractivity contribution is 0.591. The monoisotopic (exact) mass is 1830 g/mol. The second-order valence-electron chi connectivity index (χ2n) is 39.4. The van der Waals surface area contributed by atoms with Crippen molar-refractivity contribution in [3.05, 3.63) is 509 Å². The second kappa shape index (κ2) is 34.7. The van der Waals surface area contributed by atoms with Gasteiger partial charge in [0, 0.05) is 43.4 Å². The van der Waals surface area contributed by atoms with Crippen molar-refractivity contribution >= 4 is 174 Å². The number of hydrogen-bond acceptors (Lipinski definition) is 3. The lowest BCUT2D eigenvalue weighted by Crippen LogP contribution is -2.10. The molecule has 0 atom stereocenters. The number of aryl methyl sites for hydroxylation is 1. The Bertz CT molecular complexity index is 10100. The average molecular weight is 1840 g/mol. The van der Waals surface area contributed by atoms with E-state index in [2.05, 4.69) is 525 Å². The molecular weight excluding hydrogens is 1740 g/mol. The van der Waals surface area contributed by atoms with Crippen LogP contribution in [-0.2, 0) is 5.41 Å². The van der Waals surface area contributed by atoms with Gasteiger partial charge in [-0.15, -0.1) is 0 Å². The fraction of sp³-hybridized carbons (Fsp3) is 0.0355. The first kappa shape index (κ1) is 85.0. The van der Waals surface area contributed by atoms with Gasteiger partial charge in [-0.05, 0) is 286 Å². The van der Waals surface area contributed by atoms with Crippen molar-refractivity contribution in [3.63, 3.8) is 0 Å². The van der Waals surface area contributed by atoms with E-state index < -0.39 is 0 Å². The third-order valence-corrected chi connectivity index (χ3v) is 30.0. The van der Waals surface area contributed by atoms with Gasteiger partial charge in [0.1, 0.15) is 33.5 Å². The molecule has 0 spiro atoms. The largest absolute Gasteiger partial charge is 0.456 e. The van der Waals surface area contributed by atoms with Crippen molar-refractivity contribution in [2.75, 3.05) is 0 Å². The van der Waals surface area contributed by atoms with E-state index >= 15 is 0 Å². The molecule has 0 N–H and O–H groups in total. The molecule has 29 aromatic rings. The van der Waals surface area contributed by atoms with E-state index in [1.807, 2.05) is 0 Å². The summed E-state index contributed by atoms with van der Waals surface area (Å²) in [5, 5.41) is 31.9. The van der Waals surface area contributed by atoms with Crippen molar-refractivity contribution in [1.82, 2.24) is 0 Å². The summed E-state index contributed by atoms with van der Waals surface area (Å²) in [7, 11) is 0. The van der Waals surface area contributed by atoms with Crippen LogP contribution in [-0.4, -0.2) is 0 Å². The summed E-state index contributed by atoms with van der Waals surface area (Å²) in [6.07, 6.45) is 0. The standard InChI is InChI=1S/C54H34O.C50H36O.C37H24O/c1-3-15-35(16-4-1)38-29-31-41(36-17-5-2-6-18-36)49(33-38)47-27-14-28-48-50-34-39(30-32-51(50)55-54(47)48)52-43-22-9-11-24-45(43)53(46-25-12-10-23-44(46)52)42-26-13-20-37-19-7-8-21-40(37)42;1-50(2,3)34-27-25-32-15-10-21-36(44(32)30-34)42-23-12-24-43-45-29-33(26-28-46(45)51-49(42)43)47-38-17-6-8-19-40(38)48(41-20-9-7-18-39(41)47)37-22-11-14-31-13-4-5-16-35(31)37;1-23-9-8-16-32-33-22-27(19-20-34(33)38-37(23)32)36-30-14-6-4-12-28(30)35(29-13-5-7-15-31(29)36)26-18-17-24-10-2-3-11-25(24)21-26/h1-34H;4-30H,1-3H3;2-22H,1H3. The first-order chi connectivity index (χ1) is 71.0. The predicted molar refractivity (Wildman–Crippen MR) is 614 cm³/mol. The number of hydrogen-bond donors (Lipinski definition) is 0. The fourth-order valence-corrected chi connectivity index (χ4v) is 23.3. The Labute approximate surface area is 833 Å². The molecule has 26 aromatic carbocycles. The molecule has 3 nitrogen and oxygen atoms in total. The average Bonchev–Trinajstić information content (AvgIpc) is 1.29. The molecule has 0 fully saturated rings. The zero-order valence-corrected chi connectivity index (χ0v) is 80.1. The van der Waals surface area contributed by atoms with Gasteiger partial charge in [0.15, 0.2) is 0 Å². The number of fused-ring (bicyclic) bond motifs is 19. The minimum atomic E-state index is 0.0600. The van der Waals surface area contributed by atoms with Crippen LogP contribution in [0.4, 0.5) is 0 Å². The lowest BCUT2D eigenvalue weighted by Gasteiger charge is -2.20. The molecule has 676 valence electrons. The van der Waals surface area contributed by atoms with Crippen LogP contribution in [0.3, 0.4) is 0 Å². The first-order valence-corrected chi connectivity index (χ1v) is 49.9. The van der Waals surface area contributed by atoms with Crippen molar-refractivity contribution in [3.8, 4) is 111 Å². The minimum absolute atomic E-state index is 0.0600. The second-order valence-corrected chi connectivity index (χ2v) is 39.4. The van der Waals surface area contributed by atoms with Gasteiger partial charge in [-0.3, -0.25) is 0 Å². The molecule has 0 aliphatic carbocycles. The van der Waals surface area contributed by atoms with E-state index in [0.29, 0.717) is 0 Å². The predicted octanol–water partition coefficient (Wildman–Crippen LogP) is 40.6. The van der Waals surface area contributed by atoms with Crippen LogP contribution in [0.25, 0.3) is 285 Å². The highest BCUT2D eigenvalue weighted by Crippen LogP contribution is 2.53. The Kier molecular flexibility index (Phi) is 20.4. The van der Waals surface area contributed by atoms with Crippen LogP contribution in [0.5, 0.6) is 0 Å². The maximum Gasteiger partial charge on any atom is 0.143 e. The number of furan rings is 3. The molecule has 0 aliphatic rings. The minimum Gasteiger partial charge on any atom is -0.456 e. The molecule has 3 aromatic heterocycles. The van der Waals surface area contributed by atoms with E-state index in [1.165, 1.54) is 213 Å². The van der Waals surface area contributed by atoms with Gasteiger partial charge < -0.3 is 13.3 Å². The van der Waals surface area contributed by atoms with Crippen LogP contribution in [0.15, 0.2) is 511 Å². The van der Waals surface area contributed by atoms with Crippen molar-refractivity contribution in [2.24, 2.45) is 0 Å². The fourth-order valence-electron chi connectivity index (χ4n) is 23.3. The number of para-hydroxylation sites is 3. The third-order valence-electron chi connectivity index (χ3n) is 30.0. The van der Waals surface area contributed by atoms with Gasteiger partial charge in [-0.2, -0.15) is 0 Å². The summed E-state index contributed by atoms with van der Waals surface area (Å²) in [5.41, 5.74) is 32.3. The third kappa shape index (κ3) is 14.3. The molecule has 29 rings (SSSR count). The molecule has 3 heterocycles. The molecule has 0 bridgehead atoms. The Morgan fingerprint density at radius 3 is 0.882 bits per heavy atom. The summed E-state index contributed by atoms with van der Waals surface area (Å²) in [6.45, 7) is 8.94. The Hall–Kier alpha value is -18.3. The summed E-state index contributed by atoms with van der Waals surface area (Å²) in [6, 6.07) is 181. The van der Waals surface area contributed by atoms with E-state index in [0.717, 1.165) is 82.7 Å². The molecule has 0 saturated carbocycles. The normalized spacial score (nSPS) is 11.9. The highest BCUT2D eigenvalue weighted by atomic mass is 16.3. The molecule has 0 saturated heterocycles. The van der Waals surface area contributed by atoms with E-state index in [1.54, 1.807) is 0 Å². The number of rotatable bonds is 10. The zero-order valence-electron chi connectivity index (χ0n) is 80.1. The molecule has 0 unspecified atom stereocenters. The highest BCUT2D eigenvalue weighted by Gasteiger charge is 2.27. The molecule has 0 amide bonds. The molecule has 3 heteroatoms. The van der Waals surface area contributed by atoms with Crippen molar-refractivity contribution in [2.45, 2.75) is 33.1 Å². The quantitative estimate of drug-likeness (QED) is 0.128. The first-order valence-electron chi connectivity index (χ1n) is 49.9. The van der Waals surface area contributed by atoms with Gasteiger partial charge in [-0.1, -0.05) is 464 Å². The molecule has 0 radical (unpaired) electrons. The van der Waals surface area contributed by atoms with Gasteiger partial charge in [0.05, 0.1) is 0 Å². The molecule has 144 heavy (non-hydrogen) atoms. The van der Waals surface area contributed by atoms with Crippen LogP contribution in [0.1, 0.15) is 31.9 Å². The highest BCUT2D eigenvalue weighted by molar-refractivity contribution is 6.28. The smallest absolute Gasteiger partial charge is 0.143 e.